The number of H-pyrrole nitrogens is 1. The number of rotatable bonds is 3. The molecule has 98 valence electrons. The van der Waals surface area contributed by atoms with Crippen molar-refractivity contribution in [3.8, 4) is 0 Å². The zero-order valence-electron chi connectivity index (χ0n) is 10.1. The van der Waals surface area contributed by atoms with Crippen LogP contribution in [0.25, 0.3) is 0 Å². The number of pyridine rings is 1. The van der Waals surface area contributed by atoms with E-state index in [2.05, 4.69) is 26.2 Å². The summed E-state index contributed by atoms with van der Waals surface area (Å²) in [5.74, 6) is 0.367. The first-order valence-electron chi connectivity index (χ1n) is 6.26. The van der Waals surface area contributed by atoms with Crippen molar-refractivity contribution >= 4 is 21.8 Å². The molecule has 1 saturated carbocycles. The van der Waals surface area contributed by atoms with Crippen LogP contribution < -0.4 is 10.9 Å². The van der Waals surface area contributed by atoms with Crippen LogP contribution in [0.1, 0.15) is 36.0 Å². The first-order valence-corrected chi connectivity index (χ1v) is 7.17. The van der Waals surface area contributed by atoms with E-state index in [0.717, 1.165) is 12.8 Å². The molecular formula is C13H17BrN2O2. The number of carbonyl (C=O) groups is 1. The summed E-state index contributed by atoms with van der Waals surface area (Å²) in [6.07, 6.45) is 6.19. The number of hydrogen-bond donors (Lipinski definition) is 2. The van der Waals surface area contributed by atoms with Gasteiger partial charge in [0, 0.05) is 29.2 Å². The van der Waals surface area contributed by atoms with Crippen LogP contribution in [-0.2, 0) is 0 Å². The van der Waals surface area contributed by atoms with Crippen LogP contribution in [0, 0.1) is 5.92 Å². The topological polar surface area (TPSA) is 62.0 Å². The van der Waals surface area contributed by atoms with E-state index >= 15 is 0 Å². The van der Waals surface area contributed by atoms with Crippen molar-refractivity contribution in [3.63, 3.8) is 0 Å². The summed E-state index contributed by atoms with van der Waals surface area (Å²) in [7, 11) is 0. The molecule has 0 spiro atoms. The van der Waals surface area contributed by atoms with Gasteiger partial charge in [-0.2, -0.15) is 0 Å². The lowest BCUT2D eigenvalue weighted by molar-refractivity contribution is 0.0943. The van der Waals surface area contributed by atoms with E-state index in [0.29, 0.717) is 22.9 Å². The predicted molar refractivity (Wildman–Crippen MR) is 74.1 cm³/mol. The average Bonchev–Trinajstić information content (AvgIpc) is 2.36. The summed E-state index contributed by atoms with van der Waals surface area (Å²) >= 11 is 3.63. The lowest BCUT2D eigenvalue weighted by atomic mass is 9.89. The van der Waals surface area contributed by atoms with E-state index in [9.17, 15) is 9.59 Å². The molecule has 5 heteroatoms. The molecular weight excluding hydrogens is 296 g/mol. The van der Waals surface area contributed by atoms with Gasteiger partial charge in [0.25, 0.3) is 5.91 Å². The molecule has 2 atom stereocenters. The third kappa shape index (κ3) is 3.70. The molecule has 0 aliphatic heterocycles. The quantitative estimate of drug-likeness (QED) is 0.839. The Balaban J connectivity index is 1.86. The molecule has 2 N–H and O–H groups in total. The minimum absolute atomic E-state index is 0.169. The highest BCUT2D eigenvalue weighted by Gasteiger charge is 2.20. The van der Waals surface area contributed by atoms with E-state index in [-0.39, 0.29) is 11.5 Å². The fourth-order valence-electron chi connectivity index (χ4n) is 2.34. The zero-order valence-corrected chi connectivity index (χ0v) is 11.7. The average molecular weight is 313 g/mol. The Labute approximate surface area is 114 Å². The summed E-state index contributed by atoms with van der Waals surface area (Å²) in [6.45, 7) is 0.688. The van der Waals surface area contributed by atoms with Gasteiger partial charge in [0.15, 0.2) is 0 Å². The number of carbonyl (C=O) groups excluding carboxylic acids is 1. The standard InChI is InChI=1S/C13H17BrN2O2/c14-11-3-1-2-9(6-11)8-16-13(18)10-4-5-15-12(17)7-10/h4-5,7,9,11H,1-3,6,8H2,(H,15,17)(H,16,18). The molecule has 0 bridgehead atoms. The van der Waals surface area contributed by atoms with E-state index in [1.54, 1.807) is 6.07 Å². The molecule has 0 aromatic carbocycles. The third-order valence-corrected chi connectivity index (χ3v) is 4.14. The smallest absolute Gasteiger partial charge is 0.251 e. The second-order valence-corrected chi connectivity index (χ2v) is 6.08. The summed E-state index contributed by atoms with van der Waals surface area (Å²) in [6, 6.07) is 2.94. The van der Waals surface area contributed by atoms with Gasteiger partial charge in [0.2, 0.25) is 5.56 Å². The molecule has 1 aliphatic carbocycles. The Kier molecular flexibility index (Phi) is 4.58. The highest BCUT2D eigenvalue weighted by atomic mass is 79.9. The number of amides is 1. The molecule has 1 aliphatic rings. The molecule has 1 fully saturated rings. The van der Waals surface area contributed by atoms with Gasteiger partial charge in [-0.05, 0) is 31.2 Å². The van der Waals surface area contributed by atoms with Gasteiger partial charge in [0.05, 0.1) is 0 Å². The van der Waals surface area contributed by atoms with Crippen molar-refractivity contribution in [1.29, 1.82) is 0 Å². The van der Waals surface area contributed by atoms with Crippen molar-refractivity contribution < 1.29 is 4.79 Å². The Morgan fingerprint density at radius 1 is 1.50 bits per heavy atom. The van der Waals surface area contributed by atoms with Gasteiger partial charge < -0.3 is 10.3 Å². The van der Waals surface area contributed by atoms with Crippen LogP contribution in [0.3, 0.4) is 0 Å². The Morgan fingerprint density at radius 3 is 3.06 bits per heavy atom. The fourth-order valence-corrected chi connectivity index (χ4v) is 3.19. The van der Waals surface area contributed by atoms with Gasteiger partial charge in [-0.15, -0.1) is 0 Å². The molecule has 2 unspecified atom stereocenters. The van der Waals surface area contributed by atoms with Crippen LogP contribution in [0.4, 0.5) is 0 Å². The predicted octanol–water partition coefficient (Wildman–Crippen LogP) is 2.06. The second-order valence-electron chi connectivity index (χ2n) is 4.78. The molecule has 1 aromatic heterocycles. The Hall–Kier alpha value is -1.10. The molecule has 2 rings (SSSR count). The lowest BCUT2D eigenvalue weighted by Gasteiger charge is -2.25. The molecule has 1 amide bonds. The van der Waals surface area contributed by atoms with E-state index in [1.807, 2.05) is 0 Å². The number of nitrogens with one attached hydrogen (secondary N) is 2. The normalized spacial score (nSPS) is 23.6. The maximum atomic E-state index is 11.8. The number of hydrogen-bond acceptors (Lipinski definition) is 2. The fraction of sp³-hybridized carbons (Fsp3) is 0.538. The van der Waals surface area contributed by atoms with Crippen molar-refractivity contribution in [2.75, 3.05) is 6.54 Å². The first kappa shape index (κ1) is 13.3. The lowest BCUT2D eigenvalue weighted by Crippen LogP contribution is -2.32. The van der Waals surface area contributed by atoms with Crippen LogP contribution >= 0.6 is 15.9 Å². The number of alkyl halides is 1. The van der Waals surface area contributed by atoms with Gasteiger partial charge in [-0.25, -0.2) is 0 Å². The second kappa shape index (κ2) is 6.18. The van der Waals surface area contributed by atoms with Crippen LogP contribution in [-0.4, -0.2) is 22.3 Å². The maximum absolute atomic E-state index is 11.8. The van der Waals surface area contributed by atoms with Crippen molar-refractivity contribution in [2.24, 2.45) is 5.92 Å². The number of halogens is 1. The van der Waals surface area contributed by atoms with Gasteiger partial charge in [0.1, 0.15) is 0 Å². The molecule has 18 heavy (non-hydrogen) atoms. The molecule has 0 saturated heterocycles. The SMILES string of the molecule is O=C(NCC1CCCC(Br)C1)c1cc[nH]c(=O)c1. The molecule has 4 nitrogen and oxygen atoms in total. The largest absolute Gasteiger partial charge is 0.352 e. The zero-order chi connectivity index (χ0) is 13.0. The summed E-state index contributed by atoms with van der Waals surface area (Å²) in [5.41, 5.74) is 0.172. The van der Waals surface area contributed by atoms with Crippen molar-refractivity contribution in [1.82, 2.24) is 10.3 Å². The maximum Gasteiger partial charge on any atom is 0.251 e. The Bertz CT molecular complexity index is 472. The molecule has 0 radical (unpaired) electrons. The number of aromatic nitrogens is 1. The van der Waals surface area contributed by atoms with Gasteiger partial charge >= 0.3 is 0 Å². The van der Waals surface area contributed by atoms with E-state index in [4.69, 9.17) is 0 Å². The summed E-state index contributed by atoms with van der Waals surface area (Å²) in [5, 5.41) is 2.90. The highest BCUT2D eigenvalue weighted by Crippen LogP contribution is 2.28. The van der Waals surface area contributed by atoms with Crippen molar-refractivity contribution in [3.05, 3.63) is 34.2 Å². The Morgan fingerprint density at radius 2 is 2.33 bits per heavy atom. The molecule has 1 aromatic rings. The minimum Gasteiger partial charge on any atom is -0.352 e. The summed E-state index contributed by atoms with van der Waals surface area (Å²) in [4.78, 5) is 26.0. The first-order chi connectivity index (χ1) is 8.65. The summed E-state index contributed by atoms with van der Waals surface area (Å²) < 4.78 is 0. The van der Waals surface area contributed by atoms with E-state index < -0.39 is 0 Å². The minimum atomic E-state index is -0.249. The van der Waals surface area contributed by atoms with Gasteiger partial charge in [-0.1, -0.05) is 22.4 Å². The van der Waals surface area contributed by atoms with Gasteiger partial charge in [-0.3, -0.25) is 9.59 Å². The van der Waals surface area contributed by atoms with Crippen molar-refractivity contribution in [2.45, 2.75) is 30.5 Å². The highest BCUT2D eigenvalue weighted by molar-refractivity contribution is 9.09. The monoisotopic (exact) mass is 312 g/mol. The van der Waals surface area contributed by atoms with Crippen LogP contribution in [0.15, 0.2) is 23.1 Å². The van der Waals surface area contributed by atoms with Crippen LogP contribution in [0.5, 0.6) is 0 Å². The third-order valence-electron chi connectivity index (χ3n) is 3.31. The molecule has 1 heterocycles. The van der Waals surface area contributed by atoms with Crippen LogP contribution in [0.2, 0.25) is 0 Å². The number of aromatic amines is 1. The van der Waals surface area contributed by atoms with E-state index in [1.165, 1.54) is 25.1 Å².